The number of rotatable bonds is 5. The average molecular weight is 259 g/mol. The van der Waals surface area contributed by atoms with Crippen molar-refractivity contribution >= 4 is 5.91 Å². The highest BCUT2D eigenvalue weighted by Gasteiger charge is 2.12. The lowest BCUT2D eigenvalue weighted by Crippen LogP contribution is -2.26. The van der Waals surface area contributed by atoms with Crippen LogP contribution in [0.4, 0.5) is 0 Å². The van der Waals surface area contributed by atoms with Gasteiger partial charge in [-0.25, -0.2) is 5.48 Å². The number of nitrogens with one attached hydrogen (secondary N) is 1. The first-order valence-corrected chi connectivity index (χ1v) is 6.21. The first kappa shape index (κ1) is 13.3. The van der Waals surface area contributed by atoms with E-state index in [4.69, 9.17) is 4.84 Å². The molecule has 0 saturated carbocycles. The van der Waals surface area contributed by atoms with Gasteiger partial charge in [0.25, 0.3) is 5.91 Å². The predicted octanol–water partition coefficient (Wildman–Crippen LogP) is 2.07. The van der Waals surface area contributed by atoms with Crippen LogP contribution in [0, 0.1) is 6.92 Å². The van der Waals surface area contributed by atoms with E-state index in [0.717, 1.165) is 11.3 Å². The second kappa shape index (κ2) is 6.15. The number of hydrogen-bond acceptors (Lipinski definition) is 3. The van der Waals surface area contributed by atoms with Gasteiger partial charge in [0.15, 0.2) is 0 Å². The zero-order valence-electron chi connectivity index (χ0n) is 11.1. The van der Waals surface area contributed by atoms with Crippen molar-refractivity contribution in [3.8, 4) is 0 Å². The maximum absolute atomic E-state index is 11.9. The number of nitrogens with zero attached hydrogens (tertiary/aromatic N) is 2. The summed E-state index contributed by atoms with van der Waals surface area (Å²) in [5.74, 6) is -0.279. The van der Waals surface area contributed by atoms with Crippen molar-refractivity contribution in [2.45, 2.75) is 27.0 Å². The quantitative estimate of drug-likeness (QED) is 0.836. The third-order valence-electron chi connectivity index (χ3n) is 2.68. The van der Waals surface area contributed by atoms with E-state index in [1.165, 1.54) is 0 Å². The monoisotopic (exact) mass is 259 g/mol. The summed E-state index contributed by atoms with van der Waals surface area (Å²) < 4.78 is 1.65. The number of hydrogen-bond donors (Lipinski definition) is 1. The number of hydroxylamine groups is 1. The summed E-state index contributed by atoms with van der Waals surface area (Å²) in [6.07, 6.45) is 0. The molecule has 1 N–H and O–H groups in total. The van der Waals surface area contributed by atoms with Crippen molar-refractivity contribution in [1.29, 1.82) is 0 Å². The van der Waals surface area contributed by atoms with Crippen LogP contribution in [0.3, 0.4) is 0 Å². The van der Waals surface area contributed by atoms with Crippen molar-refractivity contribution in [3.05, 3.63) is 53.3 Å². The Morgan fingerprint density at radius 2 is 2.11 bits per heavy atom. The molecule has 0 unspecified atom stereocenters. The van der Waals surface area contributed by atoms with E-state index in [1.807, 2.05) is 44.2 Å². The van der Waals surface area contributed by atoms with Crippen LogP contribution in [0.15, 0.2) is 36.4 Å². The Bertz CT molecular complexity index is 549. The first-order valence-electron chi connectivity index (χ1n) is 6.21. The first-order chi connectivity index (χ1) is 9.20. The SMILES string of the molecule is CCn1nc(C)cc1C(=O)NOCc1ccccc1. The van der Waals surface area contributed by atoms with Gasteiger partial charge in [-0.3, -0.25) is 14.3 Å². The highest BCUT2D eigenvalue weighted by Crippen LogP contribution is 2.04. The second-order valence-corrected chi connectivity index (χ2v) is 4.19. The fourth-order valence-corrected chi connectivity index (χ4v) is 1.78. The highest BCUT2D eigenvalue weighted by molar-refractivity contribution is 5.91. The Labute approximate surface area is 112 Å². The standard InChI is InChI=1S/C14H17N3O2/c1-3-17-13(9-11(2)15-17)14(18)16-19-10-12-7-5-4-6-8-12/h4-9H,3,10H2,1-2H3,(H,16,18). The van der Waals surface area contributed by atoms with Crippen LogP contribution in [-0.2, 0) is 18.0 Å². The fourth-order valence-electron chi connectivity index (χ4n) is 1.78. The minimum absolute atomic E-state index is 0.279. The van der Waals surface area contributed by atoms with Crippen LogP contribution >= 0.6 is 0 Å². The van der Waals surface area contributed by atoms with Crippen molar-refractivity contribution in [1.82, 2.24) is 15.3 Å². The molecule has 0 saturated heterocycles. The van der Waals surface area contributed by atoms with Crippen molar-refractivity contribution in [2.24, 2.45) is 0 Å². The molecule has 0 aliphatic carbocycles. The lowest BCUT2D eigenvalue weighted by Gasteiger charge is -2.07. The van der Waals surface area contributed by atoms with Crippen LogP contribution in [0.1, 0.15) is 28.7 Å². The molecule has 2 rings (SSSR count). The Morgan fingerprint density at radius 1 is 1.37 bits per heavy atom. The van der Waals surface area contributed by atoms with Gasteiger partial charge in [0.05, 0.1) is 12.3 Å². The van der Waals surface area contributed by atoms with Gasteiger partial charge in [0, 0.05) is 6.54 Å². The maximum Gasteiger partial charge on any atom is 0.293 e. The maximum atomic E-state index is 11.9. The molecule has 0 aliphatic rings. The third-order valence-corrected chi connectivity index (χ3v) is 2.68. The van der Waals surface area contributed by atoms with Crippen molar-refractivity contribution in [3.63, 3.8) is 0 Å². The molecule has 1 aromatic carbocycles. The number of amides is 1. The van der Waals surface area contributed by atoms with E-state index in [0.29, 0.717) is 18.8 Å². The van der Waals surface area contributed by atoms with E-state index in [9.17, 15) is 4.79 Å². The van der Waals surface area contributed by atoms with Gasteiger partial charge in [-0.2, -0.15) is 5.10 Å². The molecule has 5 heteroatoms. The number of carbonyl (C=O) groups is 1. The van der Waals surface area contributed by atoms with E-state index in [2.05, 4.69) is 10.6 Å². The summed E-state index contributed by atoms with van der Waals surface area (Å²) in [4.78, 5) is 17.1. The number of carbonyl (C=O) groups excluding carboxylic acids is 1. The normalized spacial score (nSPS) is 10.4. The van der Waals surface area contributed by atoms with Crippen molar-refractivity contribution in [2.75, 3.05) is 0 Å². The molecule has 1 amide bonds. The minimum atomic E-state index is -0.279. The van der Waals surface area contributed by atoms with Crippen LogP contribution in [0.25, 0.3) is 0 Å². The van der Waals surface area contributed by atoms with Crippen LogP contribution < -0.4 is 5.48 Å². The van der Waals surface area contributed by atoms with Gasteiger partial charge < -0.3 is 0 Å². The molecule has 0 spiro atoms. The Morgan fingerprint density at radius 3 is 2.79 bits per heavy atom. The van der Waals surface area contributed by atoms with Gasteiger partial charge in [-0.1, -0.05) is 30.3 Å². The van der Waals surface area contributed by atoms with Crippen LogP contribution in [-0.4, -0.2) is 15.7 Å². The van der Waals surface area contributed by atoms with Crippen molar-refractivity contribution < 1.29 is 9.63 Å². The number of benzene rings is 1. The van der Waals surface area contributed by atoms with E-state index in [-0.39, 0.29) is 5.91 Å². The average Bonchev–Trinajstić information content (AvgIpc) is 2.81. The summed E-state index contributed by atoms with van der Waals surface area (Å²) in [6.45, 7) is 4.78. The Hall–Kier alpha value is -2.14. The molecule has 2 aromatic rings. The molecule has 0 radical (unpaired) electrons. The van der Waals surface area contributed by atoms with Gasteiger partial charge in [-0.05, 0) is 25.5 Å². The molecule has 5 nitrogen and oxygen atoms in total. The molecule has 1 heterocycles. The Balaban J connectivity index is 1.91. The predicted molar refractivity (Wildman–Crippen MR) is 71.3 cm³/mol. The molecule has 0 aliphatic heterocycles. The molecular formula is C14H17N3O2. The summed E-state index contributed by atoms with van der Waals surface area (Å²) in [7, 11) is 0. The van der Waals surface area contributed by atoms with E-state index < -0.39 is 0 Å². The zero-order valence-corrected chi connectivity index (χ0v) is 11.1. The molecule has 1 aromatic heterocycles. The summed E-state index contributed by atoms with van der Waals surface area (Å²) in [5, 5.41) is 4.22. The van der Waals surface area contributed by atoms with Crippen LogP contribution in [0.5, 0.6) is 0 Å². The molecule has 0 atom stereocenters. The molecule has 19 heavy (non-hydrogen) atoms. The van der Waals surface area contributed by atoms with Gasteiger partial charge in [0.1, 0.15) is 5.69 Å². The summed E-state index contributed by atoms with van der Waals surface area (Å²) in [6, 6.07) is 11.4. The van der Waals surface area contributed by atoms with E-state index >= 15 is 0 Å². The lowest BCUT2D eigenvalue weighted by atomic mass is 10.2. The van der Waals surface area contributed by atoms with Gasteiger partial charge in [0.2, 0.25) is 0 Å². The second-order valence-electron chi connectivity index (χ2n) is 4.19. The number of aryl methyl sites for hydroxylation is 2. The molecule has 100 valence electrons. The lowest BCUT2D eigenvalue weighted by molar-refractivity contribution is 0.0225. The third kappa shape index (κ3) is 3.42. The van der Waals surface area contributed by atoms with Gasteiger partial charge >= 0.3 is 0 Å². The summed E-state index contributed by atoms with van der Waals surface area (Å²) in [5.41, 5.74) is 4.76. The highest BCUT2D eigenvalue weighted by atomic mass is 16.6. The topological polar surface area (TPSA) is 56.2 Å². The Kier molecular flexibility index (Phi) is 4.30. The molecule has 0 fully saturated rings. The fraction of sp³-hybridized carbons (Fsp3) is 0.286. The molecular weight excluding hydrogens is 242 g/mol. The summed E-state index contributed by atoms with van der Waals surface area (Å²) >= 11 is 0. The minimum Gasteiger partial charge on any atom is -0.269 e. The zero-order chi connectivity index (χ0) is 13.7. The largest absolute Gasteiger partial charge is 0.293 e. The molecule has 0 bridgehead atoms. The smallest absolute Gasteiger partial charge is 0.269 e. The van der Waals surface area contributed by atoms with Gasteiger partial charge in [-0.15, -0.1) is 0 Å². The number of aromatic nitrogens is 2. The van der Waals surface area contributed by atoms with E-state index in [1.54, 1.807) is 10.7 Å². The van der Waals surface area contributed by atoms with Crippen LogP contribution in [0.2, 0.25) is 0 Å².